The first-order valence-corrected chi connectivity index (χ1v) is 13.2. The molecule has 2 heterocycles. The predicted molar refractivity (Wildman–Crippen MR) is 149 cm³/mol. The van der Waals surface area contributed by atoms with Crippen LogP contribution in [-0.2, 0) is 6.42 Å². The predicted octanol–water partition coefficient (Wildman–Crippen LogP) is 5.33. The van der Waals surface area contributed by atoms with Gasteiger partial charge in [0.05, 0.1) is 29.7 Å². The molecule has 1 N–H and O–H groups in total. The van der Waals surface area contributed by atoms with Gasteiger partial charge in [-0.25, -0.2) is 4.98 Å². The number of aromatic nitrogens is 2. The van der Waals surface area contributed by atoms with Crippen LogP contribution in [0.4, 0.5) is 0 Å². The number of nitrogens with one attached hydrogen (secondary N) is 1. The number of fused-ring (bicyclic) bond motifs is 1. The Labute approximate surface area is 223 Å². The topological polar surface area (TPSA) is 76.0 Å². The van der Waals surface area contributed by atoms with E-state index in [4.69, 9.17) is 5.26 Å². The normalized spacial score (nSPS) is 14.5. The molecule has 0 saturated carbocycles. The number of rotatable bonds is 6. The number of aromatic amines is 1. The molecule has 1 unspecified atom stereocenters. The number of carbonyl (C=O) groups excluding carboxylic acids is 1. The van der Waals surface area contributed by atoms with E-state index in [1.165, 1.54) is 0 Å². The van der Waals surface area contributed by atoms with E-state index in [1.54, 1.807) is 6.33 Å². The number of hydrogen-bond donors (Lipinski definition) is 1. The van der Waals surface area contributed by atoms with Crippen molar-refractivity contribution in [3.63, 3.8) is 0 Å². The van der Waals surface area contributed by atoms with Crippen LogP contribution in [0.25, 0.3) is 10.8 Å². The van der Waals surface area contributed by atoms with Gasteiger partial charge in [-0.1, -0.05) is 55.2 Å². The van der Waals surface area contributed by atoms with Crippen LogP contribution in [-0.4, -0.2) is 51.9 Å². The molecule has 1 aromatic heterocycles. The lowest BCUT2D eigenvalue weighted by Gasteiger charge is -2.39. The molecule has 0 aliphatic carbocycles. The number of H-pyrrole nitrogens is 1. The van der Waals surface area contributed by atoms with Crippen molar-refractivity contribution in [1.82, 2.24) is 19.8 Å². The molecule has 1 amide bonds. The van der Waals surface area contributed by atoms with Gasteiger partial charge in [-0.15, -0.1) is 0 Å². The quantitative estimate of drug-likeness (QED) is 0.363. The van der Waals surface area contributed by atoms with Gasteiger partial charge in [0, 0.05) is 49.9 Å². The summed E-state index contributed by atoms with van der Waals surface area (Å²) in [5.74, 6) is 6.59. The molecule has 1 aliphatic heterocycles. The molecule has 1 aliphatic rings. The molecular weight excluding hydrogens is 470 g/mol. The lowest BCUT2D eigenvalue weighted by atomic mass is 9.98. The van der Waals surface area contributed by atoms with Crippen LogP contribution in [0.2, 0.25) is 0 Å². The molecule has 190 valence electrons. The Morgan fingerprint density at radius 1 is 1.03 bits per heavy atom. The molecule has 1 atom stereocenters. The van der Waals surface area contributed by atoms with Crippen LogP contribution >= 0.6 is 0 Å². The third-order valence-electron chi connectivity index (χ3n) is 7.18. The van der Waals surface area contributed by atoms with Gasteiger partial charge in [-0.05, 0) is 53.4 Å². The van der Waals surface area contributed by atoms with Gasteiger partial charge >= 0.3 is 0 Å². The summed E-state index contributed by atoms with van der Waals surface area (Å²) in [7, 11) is 0. The molecule has 38 heavy (non-hydrogen) atoms. The monoisotopic (exact) mass is 501 g/mol. The smallest absolute Gasteiger partial charge is 0.254 e. The molecular formula is C32H31N5O. The summed E-state index contributed by atoms with van der Waals surface area (Å²) in [6.45, 7) is 4.97. The van der Waals surface area contributed by atoms with Crippen molar-refractivity contribution in [3.05, 3.63) is 101 Å². The highest BCUT2D eigenvalue weighted by Crippen LogP contribution is 2.27. The van der Waals surface area contributed by atoms with E-state index in [9.17, 15) is 4.79 Å². The van der Waals surface area contributed by atoms with Crippen LogP contribution in [0.15, 0.2) is 73.2 Å². The molecule has 0 spiro atoms. The van der Waals surface area contributed by atoms with Crippen molar-refractivity contribution in [1.29, 1.82) is 5.26 Å². The summed E-state index contributed by atoms with van der Waals surface area (Å²) >= 11 is 0. The van der Waals surface area contributed by atoms with Crippen molar-refractivity contribution in [3.8, 4) is 17.9 Å². The van der Waals surface area contributed by atoms with Gasteiger partial charge in [0.25, 0.3) is 5.91 Å². The highest BCUT2D eigenvalue weighted by molar-refractivity contribution is 6.08. The number of imidazole rings is 1. The Morgan fingerprint density at radius 3 is 2.50 bits per heavy atom. The Balaban J connectivity index is 1.32. The Kier molecular flexibility index (Phi) is 7.83. The summed E-state index contributed by atoms with van der Waals surface area (Å²) in [4.78, 5) is 25.6. The summed E-state index contributed by atoms with van der Waals surface area (Å²) in [5, 5.41) is 11.1. The number of carbonyl (C=O) groups is 1. The molecule has 0 bridgehead atoms. The third kappa shape index (κ3) is 5.47. The zero-order chi connectivity index (χ0) is 26.3. The van der Waals surface area contributed by atoms with Crippen LogP contribution in [0.5, 0.6) is 0 Å². The highest BCUT2D eigenvalue weighted by atomic mass is 16.2. The number of hydrogen-bond acceptors (Lipinski definition) is 4. The lowest BCUT2D eigenvalue weighted by Crippen LogP contribution is -2.50. The number of nitrogens with zero attached hydrogens (tertiary/aromatic N) is 4. The molecule has 5 rings (SSSR count). The molecule has 6 nitrogen and oxygen atoms in total. The van der Waals surface area contributed by atoms with Crippen molar-refractivity contribution in [2.75, 3.05) is 26.2 Å². The maximum absolute atomic E-state index is 13.7. The van der Waals surface area contributed by atoms with E-state index in [1.807, 2.05) is 65.7 Å². The van der Waals surface area contributed by atoms with E-state index in [2.05, 4.69) is 45.8 Å². The summed E-state index contributed by atoms with van der Waals surface area (Å²) in [5.41, 5.74) is 4.58. The number of amides is 1. The number of nitriles is 1. The van der Waals surface area contributed by atoms with Gasteiger partial charge in [0.1, 0.15) is 0 Å². The van der Waals surface area contributed by atoms with Gasteiger partial charge in [-0.2, -0.15) is 5.26 Å². The summed E-state index contributed by atoms with van der Waals surface area (Å²) < 4.78 is 0. The molecule has 0 radical (unpaired) electrons. The van der Waals surface area contributed by atoms with Gasteiger partial charge in [0.2, 0.25) is 0 Å². The number of benzene rings is 3. The minimum atomic E-state index is 0.0686. The minimum absolute atomic E-state index is 0.0686. The van der Waals surface area contributed by atoms with Gasteiger partial charge in [0.15, 0.2) is 0 Å². The fourth-order valence-electron chi connectivity index (χ4n) is 5.12. The Hall–Kier alpha value is -4.39. The average molecular weight is 502 g/mol. The van der Waals surface area contributed by atoms with Gasteiger partial charge in [-0.3, -0.25) is 9.69 Å². The fourth-order valence-corrected chi connectivity index (χ4v) is 5.12. The first-order valence-electron chi connectivity index (χ1n) is 13.2. The van der Waals surface area contributed by atoms with Gasteiger partial charge < -0.3 is 9.88 Å². The molecule has 1 fully saturated rings. The average Bonchev–Trinajstić information content (AvgIpc) is 3.51. The number of unbranched alkanes of at least 4 members (excludes halogenated alkanes) is 1. The second kappa shape index (κ2) is 11.8. The summed E-state index contributed by atoms with van der Waals surface area (Å²) in [6.07, 6.45) is 6.28. The zero-order valence-corrected chi connectivity index (χ0v) is 21.7. The second-order valence-electron chi connectivity index (χ2n) is 9.62. The number of piperazine rings is 1. The van der Waals surface area contributed by atoms with Crippen LogP contribution in [0.3, 0.4) is 0 Å². The lowest BCUT2D eigenvalue weighted by molar-refractivity contribution is 0.0564. The Bertz CT molecular complexity index is 1500. The van der Waals surface area contributed by atoms with E-state index in [0.717, 1.165) is 65.5 Å². The second-order valence-corrected chi connectivity index (χ2v) is 9.62. The Morgan fingerprint density at radius 2 is 1.79 bits per heavy atom. The SMILES string of the molecule is CCCC#Cc1cccc2c(C(=O)N3CCN(C(Cc4ccc(C#N)cc4)c4cnc[nH]4)CC3)cccc12. The first-order chi connectivity index (χ1) is 18.7. The maximum Gasteiger partial charge on any atom is 0.254 e. The largest absolute Gasteiger partial charge is 0.347 e. The van der Waals surface area contributed by atoms with Crippen LogP contribution in [0, 0.1) is 23.2 Å². The molecule has 6 heteroatoms. The zero-order valence-electron chi connectivity index (χ0n) is 21.7. The van der Waals surface area contributed by atoms with Crippen molar-refractivity contribution >= 4 is 16.7 Å². The maximum atomic E-state index is 13.7. The standard InChI is InChI=1S/C32H31N5O/c1-2-3-4-7-26-8-5-10-28-27(26)9-6-11-29(28)32(38)37-18-16-36(17-19-37)31(30-22-34-23-35-30)20-24-12-14-25(21-33)15-13-24/h5-6,8-15,22-23,31H,2-3,16-20H2,1H3,(H,34,35). The molecule has 1 saturated heterocycles. The van der Waals surface area contributed by atoms with Crippen molar-refractivity contribution < 1.29 is 4.79 Å². The van der Waals surface area contributed by atoms with Crippen LogP contribution in [0.1, 0.15) is 58.5 Å². The van der Waals surface area contributed by atoms with E-state index in [0.29, 0.717) is 18.7 Å². The van der Waals surface area contributed by atoms with E-state index in [-0.39, 0.29) is 11.9 Å². The van der Waals surface area contributed by atoms with E-state index < -0.39 is 0 Å². The first kappa shape index (κ1) is 25.3. The van der Waals surface area contributed by atoms with E-state index >= 15 is 0 Å². The fraction of sp³-hybridized carbons (Fsp3) is 0.281. The summed E-state index contributed by atoms with van der Waals surface area (Å²) in [6, 6.07) is 22.0. The highest BCUT2D eigenvalue weighted by Gasteiger charge is 2.29. The van der Waals surface area contributed by atoms with Crippen LogP contribution < -0.4 is 0 Å². The van der Waals surface area contributed by atoms with Crippen molar-refractivity contribution in [2.45, 2.75) is 32.2 Å². The third-order valence-corrected chi connectivity index (χ3v) is 7.18. The molecule has 4 aromatic rings. The minimum Gasteiger partial charge on any atom is -0.347 e. The molecule has 3 aromatic carbocycles. The van der Waals surface area contributed by atoms with Crippen molar-refractivity contribution in [2.24, 2.45) is 0 Å².